The molecule has 0 aliphatic carbocycles. The number of fused-ring (bicyclic) bond motifs is 3. The molecule has 28 heavy (non-hydrogen) atoms. The van der Waals surface area contributed by atoms with E-state index in [1.54, 1.807) is 0 Å². The molecule has 0 N–H and O–H groups in total. The van der Waals surface area contributed by atoms with Gasteiger partial charge in [-0.2, -0.15) is 4.52 Å². The van der Waals surface area contributed by atoms with Crippen molar-refractivity contribution in [2.45, 2.75) is 32.8 Å². The van der Waals surface area contributed by atoms with Crippen LogP contribution in [0.3, 0.4) is 0 Å². The lowest BCUT2D eigenvalue weighted by Gasteiger charge is -2.33. The third-order valence-corrected chi connectivity index (χ3v) is 5.47. The summed E-state index contributed by atoms with van der Waals surface area (Å²) in [5.41, 5.74) is 2.06. The van der Waals surface area contributed by atoms with Gasteiger partial charge in [0.1, 0.15) is 11.9 Å². The summed E-state index contributed by atoms with van der Waals surface area (Å²) >= 11 is 0. The topological polar surface area (TPSA) is 55.5 Å². The standard InChI is InChI=1S/C22H23N5O/c1-15-7-9-17(10-8-15)28-18-11-13-26(14-12-18)22-20-6-4-3-5-19(20)21-24-23-16(2)27(21)25-22/h3-10,18H,11-14H2,1-2H3. The molecule has 1 fully saturated rings. The van der Waals surface area contributed by atoms with Crippen molar-refractivity contribution in [2.75, 3.05) is 18.0 Å². The lowest BCUT2D eigenvalue weighted by Crippen LogP contribution is -2.39. The molecular weight excluding hydrogens is 350 g/mol. The number of nitrogens with zero attached hydrogens (tertiary/aromatic N) is 5. The van der Waals surface area contributed by atoms with Gasteiger partial charge in [-0.1, -0.05) is 42.0 Å². The number of benzene rings is 2. The molecule has 142 valence electrons. The molecule has 5 rings (SSSR count). The van der Waals surface area contributed by atoms with Crippen LogP contribution in [-0.2, 0) is 0 Å². The van der Waals surface area contributed by atoms with E-state index in [0.29, 0.717) is 0 Å². The molecule has 4 aromatic rings. The number of aryl methyl sites for hydroxylation is 2. The minimum Gasteiger partial charge on any atom is -0.490 e. The van der Waals surface area contributed by atoms with E-state index in [9.17, 15) is 0 Å². The molecule has 1 saturated heterocycles. The second-order valence-electron chi connectivity index (χ2n) is 7.47. The molecule has 2 aromatic heterocycles. The zero-order valence-corrected chi connectivity index (χ0v) is 16.2. The number of hydrogen-bond acceptors (Lipinski definition) is 5. The minimum absolute atomic E-state index is 0.241. The largest absolute Gasteiger partial charge is 0.490 e. The fourth-order valence-electron chi connectivity index (χ4n) is 3.90. The van der Waals surface area contributed by atoms with E-state index in [2.05, 4.69) is 64.5 Å². The Hall–Kier alpha value is -3.15. The van der Waals surface area contributed by atoms with Gasteiger partial charge in [-0.25, -0.2) is 0 Å². The maximum Gasteiger partial charge on any atom is 0.185 e. The average molecular weight is 373 g/mol. The quantitative estimate of drug-likeness (QED) is 0.544. The number of piperidine rings is 1. The Morgan fingerprint density at radius 3 is 2.36 bits per heavy atom. The maximum atomic E-state index is 6.19. The van der Waals surface area contributed by atoms with Crippen LogP contribution in [0.2, 0.25) is 0 Å². The van der Waals surface area contributed by atoms with Crippen molar-refractivity contribution in [1.82, 2.24) is 19.8 Å². The zero-order valence-electron chi connectivity index (χ0n) is 16.2. The monoisotopic (exact) mass is 373 g/mol. The second kappa shape index (κ2) is 6.78. The molecule has 1 aliphatic heterocycles. The first-order chi connectivity index (χ1) is 13.7. The highest BCUT2D eigenvalue weighted by molar-refractivity contribution is 6.00. The van der Waals surface area contributed by atoms with Crippen LogP contribution in [0, 0.1) is 13.8 Å². The SMILES string of the molecule is Cc1ccc(OC2CCN(c3nn4c(C)nnc4c4ccccc34)CC2)cc1. The summed E-state index contributed by atoms with van der Waals surface area (Å²) in [6.45, 7) is 5.86. The Bertz CT molecular complexity index is 1130. The van der Waals surface area contributed by atoms with Crippen molar-refractivity contribution in [2.24, 2.45) is 0 Å². The van der Waals surface area contributed by atoms with Crippen molar-refractivity contribution in [3.63, 3.8) is 0 Å². The first-order valence-corrected chi connectivity index (χ1v) is 9.78. The van der Waals surface area contributed by atoms with Gasteiger partial charge in [0.15, 0.2) is 17.3 Å². The highest BCUT2D eigenvalue weighted by atomic mass is 16.5. The predicted octanol–water partition coefficient (Wildman–Crippen LogP) is 3.94. The highest BCUT2D eigenvalue weighted by Gasteiger charge is 2.24. The summed E-state index contributed by atoms with van der Waals surface area (Å²) in [5.74, 6) is 2.76. The summed E-state index contributed by atoms with van der Waals surface area (Å²) in [6.07, 6.45) is 2.19. The summed E-state index contributed by atoms with van der Waals surface area (Å²) in [4.78, 5) is 2.36. The van der Waals surface area contributed by atoms with E-state index in [1.165, 1.54) is 5.56 Å². The van der Waals surface area contributed by atoms with Crippen LogP contribution in [0.4, 0.5) is 5.82 Å². The fraction of sp³-hybridized carbons (Fsp3) is 0.318. The van der Waals surface area contributed by atoms with Gasteiger partial charge in [0.2, 0.25) is 0 Å². The normalized spacial score (nSPS) is 15.4. The summed E-state index contributed by atoms with van der Waals surface area (Å²) < 4.78 is 8.04. The molecule has 2 aromatic carbocycles. The molecule has 6 heteroatoms. The summed E-state index contributed by atoms with van der Waals surface area (Å²) in [7, 11) is 0. The lowest BCUT2D eigenvalue weighted by atomic mass is 10.1. The van der Waals surface area contributed by atoms with E-state index >= 15 is 0 Å². The number of aromatic nitrogens is 4. The molecule has 0 amide bonds. The molecule has 6 nitrogen and oxygen atoms in total. The van der Waals surface area contributed by atoms with Crippen LogP contribution < -0.4 is 9.64 Å². The smallest absolute Gasteiger partial charge is 0.185 e. The third-order valence-electron chi connectivity index (χ3n) is 5.47. The van der Waals surface area contributed by atoms with Gasteiger partial charge in [0.05, 0.1) is 0 Å². The highest BCUT2D eigenvalue weighted by Crippen LogP contribution is 2.30. The Morgan fingerprint density at radius 2 is 1.61 bits per heavy atom. The zero-order chi connectivity index (χ0) is 19.1. The van der Waals surface area contributed by atoms with Crippen LogP contribution in [0.15, 0.2) is 48.5 Å². The van der Waals surface area contributed by atoms with E-state index in [0.717, 1.165) is 59.7 Å². The van der Waals surface area contributed by atoms with Gasteiger partial charge in [0.25, 0.3) is 0 Å². The van der Waals surface area contributed by atoms with Crippen molar-refractivity contribution in [3.05, 3.63) is 59.9 Å². The summed E-state index contributed by atoms with van der Waals surface area (Å²) in [6, 6.07) is 16.6. The minimum atomic E-state index is 0.241. The van der Waals surface area contributed by atoms with Gasteiger partial charge in [0, 0.05) is 36.7 Å². The van der Waals surface area contributed by atoms with Crippen LogP contribution in [0.25, 0.3) is 16.4 Å². The molecule has 0 bridgehead atoms. The maximum absolute atomic E-state index is 6.19. The van der Waals surface area contributed by atoms with Crippen molar-refractivity contribution < 1.29 is 4.74 Å². The molecule has 1 aliphatic rings. The van der Waals surface area contributed by atoms with E-state index < -0.39 is 0 Å². The van der Waals surface area contributed by atoms with Gasteiger partial charge in [-0.15, -0.1) is 15.3 Å². The number of anilines is 1. The number of ether oxygens (including phenoxy) is 1. The Labute approximate surface area is 163 Å². The van der Waals surface area contributed by atoms with Gasteiger partial charge in [-0.3, -0.25) is 0 Å². The first-order valence-electron chi connectivity index (χ1n) is 9.78. The fourth-order valence-corrected chi connectivity index (χ4v) is 3.90. The van der Waals surface area contributed by atoms with E-state index in [-0.39, 0.29) is 6.10 Å². The Kier molecular flexibility index (Phi) is 4.11. The molecule has 0 radical (unpaired) electrons. The molecule has 0 spiro atoms. The predicted molar refractivity (Wildman–Crippen MR) is 110 cm³/mol. The molecule has 0 atom stereocenters. The van der Waals surface area contributed by atoms with Crippen LogP contribution >= 0.6 is 0 Å². The average Bonchev–Trinajstić information content (AvgIpc) is 3.11. The summed E-state index contributed by atoms with van der Waals surface area (Å²) in [5, 5.41) is 15.6. The van der Waals surface area contributed by atoms with Gasteiger partial charge < -0.3 is 9.64 Å². The molecule has 0 unspecified atom stereocenters. The lowest BCUT2D eigenvalue weighted by molar-refractivity contribution is 0.170. The van der Waals surface area contributed by atoms with Gasteiger partial charge in [-0.05, 0) is 26.0 Å². The second-order valence-corrected chi connectivity index (χ2v) is 7.47. The van der Waals surface area contributed by atoms with Crippen molar-refractivity contribution in [1.29, 1.82) is 0 Å². The Balaban J connectivity index is 1.40. The van der Waals surface area contributed by atoms with Crippen LogP contribution in [-0.4, -0.2) is 39.0 Å². The molecular formula is C22H23N5O. The van der Waals surface area contributed by atoms with Crippen LogP contribution in [0.1, 0.15) is 24.2 Å². The van der Waals surface area contributed by atoms with Crippen molar-refractivity contribution in [3.8, 4) is 5.75 Å². The van der Waals surface area contributed by atoms with Crippen LogP contribution in [0.5, 0.6) is 5.75 Å². The number of rotatable bonds is 3. The van der Waals surface area contributed by atoms with Gasteiger partial charge >= 0.3 is 0 Å². The molecule has 0 saturated carbocycles. The first kappa shape index (κ1) is 17.0. The molecule has 3 heterocycles. The van der Waals surface area contributed by atoms with E-state index in [4.69, 9.17) is 9.84 Å². The van der Waals surface area contributed by atoms with Crippen molar-refractivity contribution >= 4 is 22.2 Å². The third kappa shape index (κ3) is 2.95. The van der Waals surface area contributed by atoms with E-state index in [1.807, 2.05) is 17.5 Å². The number of hydrogen-bond donors (Lipinski definition) is 0. The Morgan fingerprint density at radius 1 is 0.893 bits per heavy atom.